The largest absolute Gasteiger partial charge is 0.321 e. The zero-order valence-corrected chi connectivity index (χ0v) is 6.54. The van der Waals surface area contributed by atoms with Crippen molar-refractivity contribution >= 4 is 0 Å². The third kappa shape index (κ3) is 1.56. The minimum absolute atomic E-state index is 1.05. The molecule has 0 amide bonds. The first-order valence-corrected chi connectivity index (χ1v) is 3.67. The van der Waals surface area contributed by atoms with Gasteiger partial charge in [-0.25, -0.2) is 0 Å². The van der Waals surface area contributed by atoms with E-state index in [4.69, 9.17) is 0 Å². The zero-order valence-electron chi connectivity index (χ0n) is 6.54. The molecule has 0 N–H and O–H groups in total. The fourth-order valence-corrected chi connectivity index (χ4v) is 0.868. The topological polar surface area (TPSA) is 30.7 Å². The molecule has 0 aliphatic carbocycles. The molecule has 1 heterocycles. The van der Waals surface area contributed by atoms with E-state index in [0.717, 1.165) is 12.2 Å². The summed E-state index contributed by atoms with van der Waals surface area (Å²) in [5, 5.41) is 7.75. The van der Waals surface area contributed by atoms with Crippen LogP contribution in [0, 0.1) is 0 Å². The van der Waals surface area contributed by atoms with Gasteiger partial charge >= 0.3 is 0 Å². The SMILES string of the molecule is CCCCc1nncn1C. The molecule has 0 aliphatic heterocycles. The molecule has 0 aliphatic rings. The molecule has 0 saturated carbocycles. The average Bonchev–Trinajstić information content (AvgIpc) is 2.31. The van der Waals surface area contributed by atoms with E-state index in [1.165, 1.54) is 12.8 Å². The quantitative estimate of drug-likeness (QED) is 0.629. The van der Waals surface area contributed by atoms with E-state index in [0.29, 0.717) is 0 Å². The second kappa shape index (κ2) is 3.34. The summed E-state index contributed by atoms with van der Waals surface area (Å²) in [6.07, 6.45) is 5.21. The smallest absolute Gasteiger partial charge is 0.132 e. The molecule has 3 heteroatoms. The predicted molar refractivity (Wildman–Crippen MR) is 39.6 cm³/mol. The predicted octanol–water partition coefficient (Wildman–Crippen LogP) is 1.16. The summed E-state index contributed by atoms with van der Waals surface area (Å²) in [7, 11) is 1.98. The van der Waals surface area contributed by atoms with Crippen molar-refractivity contribution in [3.05, 3.63) is 12.2 Å². The fraction of sp³-hybridized carbons (Fsp3) is 0.714. The molecule has 0 fully saturated rings. The fourth-order valence-electron chi connectivity index (χ4n) is 0.868. The molecule has 0 saturated heterocycles. The van der Waals surface area contributed by atoms with Gasteiger partial charge in [0.25, 0.3) is 0 Å². The Balaban J connectivity index is 2.49. The molecule has 0 atom stereocenters. The van der Waals surface area contributed by atoms with Crippen LogP contribution in [0.3, 0.4) is 0 Å². The van der Waals surface area contributed by atoms with Crippen LogP contribution in [-0.2, 0) is 13.5 Å². The van der Waals surface area contributed by atoms with Crippen LogP contribution < -0.4 is 0 Å². The van der Waals surface area contributed by atoms with Crippen molar-refractivity contribution in [1.82, 2.24) is 14.8 Å². The molecule has 3 nitrogen and oxygen atoms in total. The number of rotatable bonds is 3. The summed E-state index contributed by atoms with van der Waals surface area (Å²) < 4.78 is 1.97. The monoisotopic (exact) mass is 139 g/mol. The lowest BCUT2D eigenvalue weighted by molar-refractivity contribution is 0.710. The van der Waals surface area contributed by atoms with Gasteiger partial charge in [0.1, 0.15) is 12.2 Å². The Morgan fingerprint density at radius 2 is 2.40 bits per heavy atom. The minimum Gasteiger partial charge on any atom is -0.321 e. The lowest BCUT2D eigenvalue weighted by atomic mass is 10.2. The maximum absolute atomic E-state index is 3.97. The van der Waals surface area contributed by atoms with Gasteiger partial charge in [-0.1, -0.05) is 13.3 Å². The van der Waals surface area contributed by atoms with Crippen LogP contribution in [0.1, 0.15) is 25.6 Å². The van der Waals surface area contributed by atoms with Crippen molar-refractivity contribution in [2.45, 2.75) is 26.2 Å². The van der Waals surface area contributed by atoms with Crippen LogP contribution in [0.4, 0.5) is 0 Å². The number of hydrogen-bond donors (Lipinski definition) is 0. The lowest BCUT2D eigenvalue weighted by Crippen LogP contribution is -1.96. The molecule has 10 heavy (non-hydrogen) atoms. The van der Waals surface area contributed by atoms with Gasteiger partial charge in [0.15, 0.2) is 0 Å². The standard InChI is InChI=1S/C7H13N3/c1-3-4-5-7-9-8-6-10(7)2/h6H,3-5H2,1-2H3. The van der Waals surface area contributed by atoms with Crippen molar-refractivity contribution in [2.24, 2.45) is 7.05 Å². The maximum Gasteiger partial charge on any atom is 0.132 e. The highest BCUT2D eigenvalue weighted by molar-refractivity contribution is 4.83. The van der Waals surface area contributed by atoms with Crippen LogP contribution in [-0.4, -0.2) is 14.8 Å². The maximum atomic E-state index is 3.97. The Bertz CT molecular complexity index is 192. The molecule has 56 valence electrons. The van der Waals surface area contributed by atoms with E-state index in [1.54, 1.807) is 6.33 Å². The summed E-state index contributed by atoms with van der Waals surface area (Å²) in [5.74, 6) is 1.09. The molecule has 0 radical (unpaired) electrons. The number of nitrogens with zero attached hydrogens (tertiary/aromatic N) is 3. The highest BCUT2D eigenvalue weighted by atomic mass is 15.2. The average molecular weight is 139 g/mol. The number of hydrogen-bond acceptors (Lipinski definition) is 2. The van der Waals surface area contributed by atoms with Crippen molar-refractivity contribution in [1.29, 1.82) is 0 Å². The summed E-state index contributed by atoms with van der Waals surface area (Å²) in [5.41, 5.74) is 0. The van der Waals surface area contributed by atoms with Gasteiger partial charge in [-0.2, -0.15) is 0 Å². The van der Waals surface area contributed by atoms with E-state index in [1.807, 2.05) is 11.6 Å². The molecular weight excluding hydrogens is 126 g/mol. The van der Waals surface area contributed by atoms with Gasteiger partial charge in [-0.05, 0) is 6.42 Å². The summed E-state index contributed by atoms with van der Waals surface area (Å²) in [6, 6.07) is 0. The Morgan fingerprint density at radius 1 is 1.60 bits per heavy atom. The number of unbranched alkanes of at least 4 members (excludes halogenated alkanes) is 1. The van der Waals surface area contributed by atoms with E-state index in [-0.39, 0.29) is 0 Å². The van der Waals surface area contributed by atoms with Gasteiger partial charge in [0.05, 0.1) is 0 Å². The van der Waals surface area contributed by atoms with Crippen LogP contribution in [0.25, 0.3) is 0 Å². The van der Waals surface area contributed by atoms with E-state index < -0.39 is 0 Å². The third-order valence-electron chi connectivity index (χ3n) is 1.56. The van der Waals surface area contributed by atoms with Gasteiger partial charge in [-0.3, -0.25) is 0 Å². The second-order valence-corrected chi connectivity index (χ2v) is 2.46. The Hall–Kier alpha value is -0.860. The van der Waals surface area contributed by atoms with Crippen LogP contribution in [0.2, 0.25) is 0 Å². The van der Waals surface area contributed by atoms with E-state index in [2.05, 4.69) is 17.1 Å². The molecule has 1 rings (SSSR count). The zero-order chi connectivity index (χ0) is 7.40. The van der Waals surface area contributed by atoms with Crippen molar-refractivity contribution < 1.29 is 0 Å². The normalized spacial score (nSPS) is 10.2. The van der Waals surface area contributed by atoms with Crippen molar-refractivity contribution in [2.75, 3.05) is 0 Å². The second-order valence-electron chi connectivity index (χ2n) is 2.46. The summed E-state index contributed by atoms with van der Waals surface area (Å²) in [6.45, 7) is 2.18. The first kappa shape index (κ1) is 7.25. The van der Waals surface area contributed by atoms with Crippen molar-refractivity contribution in [3.63, 3.8) is 0 Å². The Kier molecular flexibility index (Phi) is 2.42. The van der Waals surface area contributed by atoms with Gasteiger partial charge in [0, 0.05) is 13.5 Å². The van der Waals surface area contributed by atoms with Crippen LogP contribution >= 0.6 is 0 Å². The Labute approximate surface area is 61.1 Å². The summed E-state index contributed by atoms with van der Waals surface area (Å²) in [4.78, 5) is 0. The molecule has 0 aromatic carbocycles. The first-order valence-electron chi connectivity index (χ1n) is 3.67. The van der Waals surface area contributed by atoms with Crippen LogP contribution in [0.15, 0.2) is 6.33 Å². The van der Waals surface area contributed by atoms with Crippen molar-refractivity contribution in [3.8, 4) is 0 Å². The highest BCUT2D eigenvalue weighted by Gasteiger charge is 1.97. The molecule has 0 unspecified atom stereocenters. The van der Waals surface area contributed by atoms with Gasteiger partial charge in [-0.15, -0.1) is 10.2 Å². The molecule has 1 aromatic heterocycles. The van der Waals surface area contributed by atoms with Gasteiger partial charge in [0.2, 0.25) is 0 Å². The molecule has 0 spiro atoms. The number of aromatic nitrogens is 3. The third-order valence-corrected chi connectivity index (χ3v) is 1.56. The van der Waals surface area contributed by atoms with E-state index in [9.17, 15) is 0 Å². The highest BCUT2D eigenvalue weighted by Crippen LogP contribution is 1.98. The molecular formula is C7H13N3. The van der Waals surface area contributed by atoms with Crippen LogP contribution in [0.5, 0.6) is 0 Å². The van der Waals surface area contributed by atoms with Gasteiger partial charge < -0.3 is 4.57 Å². The van der Waals surface area contributed by atoms with E-state index >= 15 is 0 Å². The molecule has 1 aromatic rings. The first-order chi connectivity index (χ1) is 4.84. The molecule has 0 bridgehead atoms. The minimum atomic E-state index is 1.05. The number of aryl methyl sites for hydroxylation is 2. The lowest BCUT2D eigenvalue weighted by Gasteiger charge is -1.96. The Morgan fingerprint density at radius 3 is 2.90 bits per heavy atom. The summed E-state index contributed by atoms with van der Waals surface area (Å²) >= 11 is 0.